The van der Waals surface area contributed by atoms with E-state index < -0.39 is 25.9 Å². The summed E-state index contributed by atoms with van der Waals surface area (Å²) in [5.74, 6) is -0.450. The maximum absolute atomic E-state index is 12.8. The predicted molar refractivity (Wildman–Crippen MR) is 90.1 cm³/mol. The molecule has 0 saturated carbocycles. The highest BCUT2D eigenvalue weighted by Crippen LogP contribution is 2.18. The second-order valence-electron chi connectivity index (χ2n) is 5.09. The molecule has 0 aliphatic heterocycles. The van der Waals surface area contributed by atoms with Crippen molar-refractivity contribution in [2.24, 2.45) is 0 Å². The first kappa shape index (κ1) is 18.3. The summed E-state index contributed by atoms with van der Waals surface area (Å²) in [7, 11) is -4.79. The van der Waals surface area contributed by atoms with E-state index in [1.165, 1.54) is 36.4 Å². The first-order chi connectivity index (χ1) is 11.7. The molecule has 0 spiro atoms. The second-order valence-corrected chi connectivity index (χ2v) is 6.44. The number of nitro benzene ring substituents is 1. The Hall–Kier alpha value is -3.07. The Morgan fingerprint density at radius 2 is 1.68 bits per heavy atom. The van der Waals surface area contributed by atoms with Gasteiger partial charge in [0.1, 0.15) is 0 Å². The Kier molecular flexibility index (Phi) is 5.28. The Balaban J connectivity index is 2.10. The van der Waals surface area contributed by atoms with E-state index in [4.69, 9.17) is 0 Å². The summed E-state index contributed by atoms with van der Waals surface area (Å²) in [6.45, 7) is 1.55. The topological polar surface area (TPSA) is 106 Å². The number of nitrogens with one attached hydrogen (secondary N) is 1. The third-order valence-corrected chi connectivity index (χ3v) is 4.07. The molecule has 7 nitrogen and oxygen atoms in total. The van der Waals surface area contributed by atoms with Crippen LogP contribution in [0.15, 0.2) is 59.0 Å². The van der Waals surface area contributed by atoms with Crippen molar-refractivity contribution in [3.05, 3.63) is 69.8 Å². The van der Waals surface area contributed by atoms with Gasteiger partial charge < -0.3 is 5.32 Å². The van der Waals surface area contributed by atoms with Gasteiger partial charge >= 0.3 is 10.2 Å². The monoisotopic (exact) mass is 364 g/mol. The molecule has 2 rings (SSSR count). The van der Waals surface area contributed by atoms with Crippen molar-refractivity contribution in [2.45, 2.75) is 11.8 Å². The summed E-state index contributed by atoms with van der Waals surface area (Å²) in [5, 5.41) is 13.1. The van der Waals surface area contributed by atoms with Crippen molar-refractivity contribution in [1.29, 1.82) is 0 Å². The van der Waals surface area contributed by atoms with Crippen LogP contribution >= 0.6 is 0 Å². The first-order valence-corrected chi connectivity index (χ1v) is 8.34. The number of carbonyl (C=O) groups is 1. The molecule has 0 aliphatic carbocycles. The molecule has 1 N–H and O–H groups in total. The predicted octanol–water partition coefficient (Wildman–Crippen LogP) is 3.30. The van der Waals surface area contributed by atoms with Gasteiger partial charge in [-0.3, -0.25) is 14.9 Å². The highest BCUT2D eigenvalue weighted by molar-refractivity contribution is 7.86. The van der Waals surface area contributed by atoms with E-state index in [0.717, 1.165) is 12.1 Å². The lowest BCUT2D eigenvalue weighted by atomic mass is 10.1. The van der Waals surface area contributed by atoms with E-state index >= 15 is 0 Å². The van der Waals surface area contributed by atoms with Gasteiger partial charge in [-0.05, 0) is 55.0 Å². The van der Waals surface area contributed by atoms with Crippen LogP contribution in [0.4, 0.5) is 15.3 Å². The molecule has 25 heavy (non-hydrogen) atoms. The van der Waals surface area contributed by atoms with Gasteiger partial charge in [-0.15, -0.1) is 3.89 Å². The van der Waals surface area contributed by atoms with Crippen molar-refractivity contribution < 1.29 is 22.0 Å². The Labute approximate surface area is 143 Å². The molecule has 9 heteroatoms. The standard InChI is InChI=1S/C16H13FN2O5S/c1-11(10-12-2-6-14(7-3-12)19(21)22)16(20)18-13-4-8-15(9-5-13)25(17,23)24/h2-10H,1H3,(H,18,20)/b11-10-. The number of anilines is 1. The van der Waals surface area contributed by atoms with Gasteiger partial charge in [0.25, 0.3) is 11.6 Å². The van der Waals surface area contributed by atoms with Crippen LogP contribution < -0.4 is 5.32 Å². The first-order valence-electron chi connectivity index (χ1n) is 6.95. The van der Waals surface area contributed by atoms with Crippen LogP contribution in [0.3, 0.4) is 0 Å². The summed E-state index contributed by atoms with van der Waals surface area (Å²) in [4.78, 5) is 21.7. The number of nitrogens with zero attached hydrogens (tertiary/aromatic N) is 1. The average molecular weight is 364 g/mol. The van der Waals surface area contributed by atoms with Crippen molar-refractivity contribution in [1.82, 2.24) is 0 Å². The van der Waals surface area contributed by atoms with E-state index in [1.54, 1.807) is 13.0 Å². The maximum Gasteiger partial charge on any atom is 0.332 e. The second kappa shape index (κ2) is 7.22. The van der Waals surface area contributed by atoms with E-state index in [9.17, 15) is 27.2 Å². The van der Waals surface area contributed by atoms with Crippen molar-refractivity contribution in [3.63, 3.8) is 0 Å². The van der Waals surface area contributed by atoms with E-state index in [2.05, 4.69) is 5.32 Å². The Bertz CT molecular complexity index is 935. The number of halogens is 1. The summed E-state index contributed by atoms with van der Waals surface area (Å²) in [5.41, 5.74) is 1.18. The van der Waals surface area contributed by atoms with Crippen LogP contribution in [0.5, 0.6) is 0 Å². The largest absolute Gasteiger partial charge is 0.332 e. The summed E-state index contributed by atoms with van der Waals surface area (Å²) < 4.78 is 34.3. The quantitative estimate of drug-likeness (QED) is 0.379. The minimum Gasteiger partial charge on any atom is -0.322 e. The highest BCUT2D eigenvalue weighted by atomic mass is 32.3. The molecule has 1 amide bonds. The van der Waals surface area contributed by atoms with Crippen LogP contribution in [0.2, 0.25) is 0 Å². The number of hydrogen-bond acceptors (Lipinski definition) is 5. The van der Waals surface area contributed by atoms with Gasteiger partial charge in [-0.25, -0.2) is 0 Å². The van der Waals surface area contributed by atoms with Crippen molar-refractivity contribution in [2.75, 3.05) is 5.32 Å². The fourth-order valence-electron chi connectivity index (χ4n) is 1.94. The highest BCUT2D eigenvalue weighted by Gasteiger charge is 2.12. The van der Waals surface area contributed by atoms with Gasteiger partial charge in [0, 0.05) is 23.4 Å². The zero-order valence-corrected chi connectivity index (χ0v) is 13.8. The number of rotatable bonds is 5. The minimum atomic E-state index is -4.79. The van der Waals surface area contributed by atoms with Gasteiger partial charge in [-0.2, -0.15) is 8.42 Å². The Morgan fingerprint density at radius 1 is 1.12 bits per heavy atom. The van der Waals surface area contributed by atoms with Crippen LogP contribution in [0.1, 0.15) is 12.5 Å². The maximum atomic E-state index is 12.8. The molecule has 0 atom stereocenters. The van der Waals surface area contributed by atoms with Crippen LogP contribution in [-0.4, -0.2) is 19.2 Å². The number of nitro groups is 1. The van der Waals surface area contributed by atoms with Gasteiger partial charge in [0.2, 0.25) is 0 Å². The van der Waals surface area contributed by atoms with Gasteiger partial charge in [0.15, 0.2) is 0 Å². The van der Waals surface area contributed by atoms with E-state index in [1.807, 2.05) is 0 Å². The number of benzene rings is 2. The lowest BCUT2D eigenvalue weighted by Gasteiger charge is -2.06. The van der Waals surface area contributed by atoms with Crippen molar-refractivity contribution in [3.8, 4) is 0 Å². The summed E-state index contributed by atoms with van der Waals surface area (Å²) >= 11 is 0. The zero-order valence-electron chi connectivity index (χ0n) is 13.0. The Morgan fingerprint density at radius 3 is 2.16 bits per heavy atom. The molecular formula is C16H13FN2O5S. The molecule has 0 fully saturated rings. The smallest absolute Gasteiger partial charge is 0.322 e. The molecule has 0 radical (unpaired) electrons. The van der Waals surface area contributed by atoms with E-state index in [0.29, 0.717) is 16.8 Å². The normalized spacial score (nSPS) is 11.8. The lowest BCUT2D eigenvalue weighted by molar-refractivity contribution is -0.384. The van der Waals surface area contributed by atoms with Crippen LogP contribution in [0, 0.1) is 10.1 Å². The van der Waals surface area contributed by atoms with Gasteiger partial charge in [0.05, 0.1) is 9.82 Å². The van der Waals surface area contributed by atoms with E-state index in [-0.39, 0.29) is 5.69 Å². The zero-order chi connectivity index (χ0) is 18.6. The molecule has 0 aromatic heterocycles. The summed E-state index contributed by atoms with van der Waals surface area (Å²) in [6, 6.07) is 10.3. The third-order valence-electron chi connectivity index (χ3n) is 3.24. The molecule has 0 aliphatic rings. The van der Waals surface area contributed by atoms with Crippen LogP contribution in [-0.2, 0) is 15.0 Å². The number of amides is 1. The summed E-state index contributed by atoms with van der Waals surface area (Å²) in [6.07, 6.45) is 1.54. The molecule has 0 bridgehead atoms. The molecule has 0 unspecified atom stereocenters. The fraction of sp³-hybridized carbons (Fsp3) is 0.0625. The average Bonchev–Trinajstić information content (AvgIpc) is 2.55. The molecule has 0 heterocycles. The minimum absolute atomic E-state index is 0.0536. The molecule has 2 aromatic rings. The third kappa shape index (κ3) is 4.95. The fourth-order valence-corrected chi connectivity index (χ4v) is 2.40. The SMILES string of the molecule is C/C(=C/c1ccc([N+](=O)[O-])cc1)C(=O)Nc1ccc(S(=O)(=O)F)cc1. The number of hydrogen-bond donors (Lipinski definition) is 1. The van der Waals surface area contributed by atoms with Crippen molar-refractivity contribution >= 4 is 33.6 Å². The molecule has 130 valence electrons. The van der Waals surface area contributed by atoms with Gasteiger partial charge in [-0.1, -0.05) is 0 Å². The lowest BCUT2D eigenvalue weighted by Crippen LogP contribution is -2.12. The number of non-ortho nitro benzene ring substituents is 1. The molecule has 0 saturated heterocycles. The number of carbonyl (C=O) groups excluding carboxylic acids is 1. The molecular weight excluding hydrogens is 351 g/mol. The molecule has 2 aromatic carbocycles. The van der Waals surface area contributed by atoms with Crippen LogP contribution in [0.25, 0.3) is 6.08 Å².